The molecule has 2 aliphatic heterocycles. The average Bonchev–Trinajstić information content (AvgIpc) is 3.06. The van der Waals surface area contributed by atoms with E-state index >= 15 is 0 Å². The molecule has 0 spiro atoms. The van der Waals surface area contributed by atoms with E-state index < -0.39 is 0 Å². The van der Waals surface area contributed by atoms with Crippen LogP contribution >= 0.6 is 0 Å². The van der Waals surface area contributed by atoms with Gasteiger partial charge < -0.3 is 24.3 Å². The number of rotatable bonds is 2. The number of benzene rings is 1. The summed E-state index contributed by atoms with van der Waals surface area (Å²) in [5, 5.41) is 3.35. The van der Waals surface area contributed by atoms with Gasteiger partial charge in [0.1, 0.15) is 25.1 Å². The van der Waals surface area contributed by atoms with Crippen molar-refractivity contribution in [2.75, 3.05) is 32.8 Å². The van der Waals surface area contributed by atoms with Crippen LogP contribution in [0.1, 0.15) is 22.2 Å². The van der Waals surface area contributed by atoms with E-state index in [0.29, 0.717) is 43.4 Å². The predicted molar refractivity (Wildman–Crippen MR) is 87.3 cm³/mol. The Balaban J connectivity index is 1.69. The quantitative estimate of drug-likeness (QED) is 0.890. The summed E-state index contributed by atoms with van der Waals surface area (Å²) in [4.78, 5) is 19.5. The number of carbonyl (C=O) groups excluding carboxylic acids is 1. The van der Waals surface area contributed by atoms with Crippen LogP contribution in [0.15, 0.2) is 30.6 Å². The Labute approximate surface area is 140 Å². The van der Waals surface area contributed by atoms with Crippen molar-refractivity contribution < 1.29 is 14.3 Å². The number of piperazine rings is 1. The number of hydrogen-bond acceptors (Lipinski definition) is 5. The molecule has 1 fully saturated rings. The van der Waals surface area contributed by atoms with Crippen molar-refractivity contribution in [2.24, 2.45) is 7.05 Å². The molecule has 1 aromatic heterocycles. The molecule has 0 saturated carbocycles. The van der Waals surface area contributed by atoms with E-state index in [0.717, 1.165) is 12.4 Å². The second kappa shape index (κ2) is 6.16. The lowest BCUT2D eigenvalue weighted by Gasteiger charge is -2.36. The minimum absolute atomic E-state index is 0.0492. The standard InChI is InChI=1S/C17H20N4O3/c1-20-7-6-19-16(20)13-11-18-5-8-21(13)17(22)12-3-2-4-14-15(12)24-10-9-23-14/h2-4,6-7,13,18H,5,8-11H2,1H3. The fraction of sp³-hybridized carbons (Fsp3) is 0.412. The molecule has 1 amide bonds. The van der Waals surface area contributed by atoms with Gasteiger partial charge in [-0.2, -0.15) is 0 Å². The maximum Gasteiger partial charge on any atom is 0.258 e. The number of ether oxygens (including phenoxy) is 2. The second-order valence-electron chi connectivity index (χ2n) is 5.94. The minimum Gasteiger partial charge on any atom is -0.486 e. The number of nitrogens with one attached hydrogen (secondary N) is 1. The fourth-order valence-corrected chi connectivity index (χ4v) is 3.27. The molecule has 4 rings (SSSR count). The number of amides is 1. The van der Waals surface area contributed by atoms with Gasteiger partial charge in [-0.25, -0.2) is 4.98 Å². The van der Waals surface area contributed by atoms with Gasteiger partial charge in [0.2, 0.25) is 0 Å². The molecule has 1 atom stereocenters. The molecule has 2 aromatic rings. The lowest BCUT2D eigenvalue weighted by atomic mass is 10.1. The van der Waals surface area contributed by atoms with Gasteiger partial charge in [0, 0.05) is 39.1 Å². The largest absolute Gasteiger partial charge is 0.486 e. The van der Waals surface area contributed by atoms with Crippen LogP contribution in [-0.2, 0) is 7.05 Å². The van der Waals surface area contributed by atoms with Crippen LogP contribution in [0.5, 0.6) is 11.5 Å². The Morgan fingerprint density at radius 1 is 1.33 bits per heavy atom. The molecule has 7 heteroatoms. The Morgan fingerprint density at radius 3 is 3.04 bits per heavy atom. The zero-order valence-corrected chi connectivity index (χ0v) is 13.6. The van der Waals surface area contributed by atoms with E-state index in [1.165, 1.54) is 0 Å². The van der Waals surface area contributed by atoms with Crippen LogP contribution in [0, 0.1) is 0 Å². The minimum atomic E-state index is -0.105. The van der Waals surface area contributed by atoms with Crippen LogP contribution < -0.4 is 14.8 Å². The molecular weight excluding hydrogens is 308 g/mol. The molecule has 0 bridgehead atoms. The first kappa shape index (κ1) is 15.0. The lowest BCUT2D eigenvalue weighted by Crippen LogP contribution is -2.49. The predicted octanol–water partition coefficient (Wildman–Crippen LogP) is 0.978. The van der Waals surface area contributed by atoms with E-state index in [9.17, 15) is 4.79 Å². The van der Waals surface area contributed by atoms with Crippen molar-refractivity contribution >= 4 is 5.91 Å². The van der Waals surface area contributed by atoms with Crippen LogP contribution in [0.3, 0.4) is 0 Å². The molecule has 1 saturated heterocycles. The third-order valence-corrected chi connectivity index (χ3v) is 4.46. The molecule has 1 N–H and O–H groups in total. The summed E-state index contributed by atoms with van der Waals surface area (Å²) >= 11 is 0. The van der Waals surface area contributed by atoms with E-state index in [2.05, 4.69) is 10.3 Å². The highest BCUT2D eigenvalue weighted by Gasteiger charge is 2.33. The lowest BCUT2D eigenvalue weighted by molar-refractivity contribution is 0.0611. The molecule has 126 valence electrons. The molecule has 1 aromatic carbocycles. The van der Waals surface area contributed by atoms with Gasteiger partial charge in [0.05, 0.1) is 5.56 Å². The molecule has 3 heterocycles. The summed E-state index contributed by atoms with van der Waals surface area (Å²) in [5.41, 5.74) is 0.549. The monoisotopic (exact) mass is 328 g/mol. The van der Waals surface area contributed by atoms with Crippen molar-refractivity contribution in [1.29, 1.82) is 0 Å². The highest BCUT2D eigenvalue weighted by Crippen LogP contribution is 2.35. The second-order valence-corrected chi connectivity index (χ2v) is 5.94. The van der Waals surface area contributed by atoms with Crippen LogP contribution in [0.4, 0.5) is 0 Å². The summed E-state index contributed by atoms with van der Waals surface area (Å²) in [6.07, 6.45) is 3.65. The summed E-state index contributed by atoms with van der Waals surface area (Å²) in [7, 11) is 1.95. The maximum atomic E-state index is 13.2. The Bertz CT molecular complexity index is 758. The number of carbonyl (C=O) groups is 1. The van der Waals surface area contributed by atoms with Gasteiger partial charge in [-0.3, -0.25) is 4.79 Å². The number of fused-ring (bicyclic) bond motifs is 1. The first-order valence-electron chi connectivity index (χ1n) is 8.13. The summed E-state index contributed by atoms with van der Waals surface area (Å²) in [6, 6.07) is 5.36. The van der Waals surface area contributed by atoms with Crippen molar-refractivity contribution in [1.82, 2.24) is 19.8 Å². The number of aromatic nitrogens is 2. The fourth-order valence-electron chi connectivity index (χ4n) is 3.27. The first-order valence-corrected chi connectivity index (χ1v) is 8.13. The normalized spacial score (nSPS) is 20.0. The van der Waals surface area contributed by atoms with E-state index in [-0.39, 0.29) is 11.9 Å². The molecule has 24 heavy (non-hydrogen) atoms. The summed E-state index contributed by atoms with van der Waals surface area (Å²) < 4.78 is 13.3. The van der Waals surface area contributed by atoms with Gasteiger partial charge in [-0.15, -0.1) is 0 Å². The van der Waals surface area contributed by atoms with E-state index in [1.54, 1.807) is 12.3 Å². The van der Waals surface area contributed by atoms with E-state index in [1.807, 2.05) is 34.8 Å². The molecule has 1 unspecified atom stereocenters. The van der Waals surface area contributed by atoms with Crippen molar-refractivity contribution in [2.45, 2.75) is 6.04 Å². The SMILES string of the molecule is Cn1ccnc1C1CNCCN1C(=O)c1cccc2c1OCCO2. The maximum absolute atomic E-state index is 13.2. The Kier molecular flexibility index (Phi) is 3.86. The highest BCUT2D eigenvalue weighted by molar-refractivity contribution is 5.98. The number of hydrogen-bond donors (Lipinski definition) is 1. The highest BCUT2D eigenvalue weighted by atomic mass is 16.6. The van der Waals surface area contributed by atoms with E-state index in [4.69, 9.17) is 9.47 Å². The molecule has 0 aliphatic carbocycles. The molecule has 7 nitrogen and oxygen atoms in total. The molecule has 2 aliphatic rings. The molecular formula is C17H20N4O3. The van der Waals surface area contributed by atoms with Gasteiger partial charge in [0.15, 0.2) is 11.5 Å². The van der Waals surface area contributed by atoms with Gasteiger partial charge in [-0.1, -0.05) is 6.07 Å². The Hall–Kier alpha value is -2.54. The van der Waals surface area contributed by atoms with Crippen LogP contribution in [0.25, 0.3) is 0 Å². The third kappa shape index (κ3) is 2.50. The number of para-hydroxylation sites is 1. The van der Waals surface area contributed by atoms with Crippen molar-refractivity contribution in [3.63, 3.8) is 0 Å². The van der Waals surface area contributed by atoms with Crippen LogP contribution in [0.2, 0.25) is 0 Å². The number of nitrogens with zero attached hydrogens (tertiary/aromatic N) is 3. The number of imidazole rings is 1. The number of aryl methyl sites for hydroxylation is 1. The zero-order valence-electron chi connectivity index (χ0n) is 13.6. The van der Waals surface area contributed by atoms with Gasteiger partial charge >= 0.3 is 0 Å². The summed E-state index contributed by atoms with van der Waals surface area (Å²) in [6.45, 7) is 3.04. The van der Waals surface area contributed by atoms with Crippen molar-refractivity contribution in [3.05, 3.63) is 42.0 Å². The Morgan fingerprint density at radius 2 is 2.21 bits per heavy atom. The molecule has 0 radical (unpaired) electrons. The smallest absolute Gasteiger partial charge is 0.258 e. The zero-order chi connectivity index (χ0) is 16.5. The summed E-state index contributed by atoms with van der Waals surface area (Å²) in [5.74, 6) is 2.01. The van der Waals surface area contributed by atoms with Gasteiger partial charge in [-0.05, 0) is 12.1 Å². The third-order valence-electron chi connectivity index (χ3n) is 4.46. The average molecular weight is 328 g/mol. The van der Waals surface area contributed by atoms with Gasteiger partial charge in [0.25, 0.3) is 5.91 Å². The van der Waals surface area contributed by atoms with Crippen molar-refractivity contribution in [3.8, 4) is 11.5 Å². The van der Waals surface area contributed by atoms with Crippen LogP contribution in [-0.4, -0.2) is 53.2 Å². The first-order chi connectivity index (χ1) is 11.8. The topological polar surface area (TPSA) is 68.6 Å².